The van der Waals surface area contributed by atoms with E-state index in [-0.39, 0.29) is 18.3 Å². The fraction of sp³-hybridized carbons (Fsp3) is 0.407. The number of ketones is 1. The molecule has 2 rings (SSSR count). The number of hydrogen-bond donors (Lipinski definition) is 2. The topological polar surface area (TPSA) is 113 Å². The van der Waals surface area contributed by atoms with Crippen LogP contribution >= 0.6 is 0 Å². The van der Waals surface area contributed by atoms with Crippen molar-refractivity contribution < 1.29 is 29.0 Å². The standard InChI is InChI=1S/C27H34N2O6/c1-17(15-23(32)35-27(2,3)4)18-7-9-19(10-8-18)20-11-13-21(14-12-20)26(34)29(6)24(22(31)16-30)25(33)28-5/h7-14,17,24,30H,15-16H2,1-6H3,(H,28,33)/t17-,24?/m0/s1. The van der Waals surface area contributed by atoms with Gasteiger partial charge in [-0.05, 0) is 55.5 Å². The number of Topliss-reactive ketones (excluding diaryl/α,β-unsaturated/α-hetero) is 1. The van der Waals surface area contributed by atoms with Gasteiger partial charge in [0.05, 0.1) is 6.42 Å². The largest absolute Gasteiger partial charge is 0.460 e. The highest BCUT2D eigenvalue weighted by Crippen LogP contribution is 2.26. The van der Waals surface area contributed by atoms with E-state index in [1.165, 1.54) is 14.1 Å². The molecule has 0 saturated carbocycles. The number of esters is 1. The van der Waals surface area contributed by atoms with Gasteiger partial charge in [-0.25, -0.2) is 0 Å². The van der Waals surface area contributed by atoms with Gasteiger partial charge >= 0.3 is 5.97 Å². The van der Waals surface area contributed by atoms with Gasteiger partial charge in [-0.15, -0.1) is 0 Å². The van der Waals surface area contributed by atoms with Crippen molar-refractivity contribution in [1.29, 1.82) is 0 Å². The number of carbonyl (C=O) groups is 4. The van der Waals surface area contributed by atoms with E-state index in [4.69, 9.17) is 9.84 Å². The predicted molar refractivity (Wildman–Crippen MR) is 133 cm³/mol. The molecular weight excluding hydrogens is 448 g/mol. The molecule has 0 fully saturated rings. The fourth-order valence-electron chi connectivity index (χ4n) is 3.64. The van der Waals surface area contributed by atoms with Crippen LogP contribution in [0.3, 0.4) is 0 Å². The molecule has 0 bridgehead atoms. The van der Waals surface area contributed by atoms with Gasteiger partial charge in [0.1, 0.15) is 12.2 Å². The van der Waals surface area contributed by atoms with E-state index in [1.54, 1.807) is 24.3 Å². The highest BCUT2D eigenvalue weighted by molar-refractivity contribution is 6.10. The Morgan fingerprint density at radius 2 is 1.49 bits per heavy atom. The molecule has 0 aromatic heterocycles. The van der Waals surface area contributed by atoms with Crippen LogP contribution in [0.4, 0.5) is 0 Å². The van der Waals surface area contributed by atoms with E-state index in [9.17, 15) is 19.2 Å². The van der Waals surface area contributed by atoms with Gasteiger partial charge in [0, 0.05) is 19.7 Å². The van der Waals surface area contributed by atoms with Crippen LogP contribution < -0.4 is 5.32 Å². The van der Waals surface area contributed by atoms with Crippen LogP contribution in [0.1, 0.15) is 56.0 Å². The van der Waals surface area contributed by atoms with Crippen molar-refractivity contribution in [3.63, 3.8) is 0 Å². The molecule has 0 aliphatic carbocycles. The summed E-state index contributed by atoms with van der Waals surface area (Å²) >= 11 is 0. The Morgan fingerprint density at radius 1 is 0.971 bits per heavy atom. The highest BCUT2D eigenvalue weighted by Gasteiger charge is 2.32. The minimum atomic E-state index is -1.41. The van der Waals surface area contributed by atoms with E-state index in [2.05, 4.69) is 5.32 Å². The molecule has 2 aromatic rings. The molecular formula is C27H34N2O6. The van der Waals surface area contributed by atoms with Gasteiger partial charge < -0.3 is 20.1 Å². The molecule has 2 amide bonds. The third-order valence-corrected chi connectivity index (χ3v) is 5.50. The Hall–Kier alpha value is -3.52. The summed E-state index contributed by atoms with van der Waals surface area (Å²) in [6, 6.07) is 13.2. The van der Waals surface area contributed by atoms with Gasteiger partial charge in [-0.3, -0.25) is 19.2 Å². The monoisotopic (exact) mass is 482 g/mol. The minimum absolute atomic E-state index is 0.00401. The number of aliphatic hydroxyl groups excluding tert-OH is 1. The van der Waals surface area contributed by atoms with Crippen LogP contribution in [0.25, 0.3) is 11.1 Å². The second-order valence-electron chi connectivity index (χ2n) is 9.45. The average molecular weight is 483 g/mol. The second kappa shape index (κ2) is 11.8. The maximum Gasteiger partial charge on any atom is 0.306 e. The third kappa shape index (κ3) is 7.48. The van der Waals surface area contributed by atoms with Crippen molar-refractivity contribution in [2.24, 2.45) is 0 Å². The van der Waals surface area contributed by atoms with Crippen molar-refractivity contribution in [1.82, 2.24) is 10.2 Å². The van der Waals surface area contributed by atoms with E-state index in [0.29, 0.717) is 5.56 Å². The van der Waals surface area contributed by atoms with Crippen LogP contribution in [0.15, 0.2) is 48.5 Å². The maximum atomic E-state index is 12.8. The molecule has 0 radical (unpaired) electrons. The summed E-state index contributed by atoms with van der Waals surface area (Å²) in [4.78, 5) is 50.0. The Labute approximate surface area is 206 Å². The first-order chi connectivity index (χ1) is 16.4. The fourth-order valence-corrected chi connectivity index (χ4v) is 3.64. The summed E-state index contributed by atoms with van der Waals surface area (Å²) < 4.78 is 5.40. The predicted octanol–water partition coefficient (Wildman–Crippen LogP) is 2.94. The number of carbonyl (C=O) groups excluding carboxylic acids is 4. The number of nitrogens with zero attached hydrogens (tertiary/aromatic N) is 1. The molecule has 0 spiro atoms. The van der Waals surface area contributed by atoms with Crippen molar-refractivity contribution in [3.05, 3.63) is 59.7 Å². The summed E-state index contributed by atoms with van der Waals surface area (Å²) in [5.74, 6) is -2.18. The number of benzene rings is 2. The lowest BCUT2D eigenvalue weighted by Gasteiger charge is -2.25. The number of amides is 2. The number of likely N-dealkylation sites (N-methyl/N-ethyl adjacent to an activating group) is 2. The third-order valence-electron chi connectivity index (χ3n) is 5.50. The van der Waals surface area contributed by atoms with Crippen LogP contribution in [0.5, 0.6) is 0 Å². The first-order valence-electron chi connectivity index (χ1n) is 11.4. The zero-order valence-electron chi connectivity index (χ0n) is 21.1. The average Bonchev–Trinajstić information content (AvgIpc) is 2.82. The van der Waals surface area contributed by atoms with Crippen LogP contribution in [-0.2, 0) is 19.1 Å². The van der Waals surface area contributed by atoms with Gasteiger partial charge in [0.25, 0.3) is 5.91 Å². The lowest BCUT2D eigenvalue weighted by molar-refractivity contribution is -0.155. The van der Waals surface area contributed by atoms with Crippen molar-refractivity contribution in [3.8, 4) is 11.1 Å². The van der Waals surface area contributed by atoms with Crippen molar-refractivity contribution in [2.75, 3.05) is 20.7 Å². The molecule has 0 aliphatic heterocycles. The number of hydrogen-bond acceptors (Lipinski definition) is 6. The van der Waals surface area contributed by atoms with E-state index < -0.39 is 35.8 Å². The van der Waals surface area contributed by atoms with E-state index >= 15 is 0 Å². The zero-order valence-corrected chi connectivity index (χ0v) is 21.1. The Kier molecular flexibility index (Phi) is 9.31. The molecule has 0 aliphatic rings. The number of ether oxygens (including phenoxy) is 1. The van der Waals surface area contributed by atoms with Crippen molar-refractivity contribution >= 4 is 23.6 Å². The molecule has 8 nitrogen and oxygen atoms in total. The SMILES string of the molecule is CNC(=O)C(C(=O)CO)N(C)C(=O)c1ccc(-c2ccc([C@@H](C)CC(=O)OC(C)(C)C)cc2)cc1. The number of rotatable bonds is 9. The molecule has 188 valence electrons. The smallest absolute Gasteiger partial charge is 0.306 e. The van der Waals surface area contributed by atoms with Gasteiger partial charge in [-0.1, -0.05) is 43.3 Å². The van der Waals surface area contributed by atoms with Gasteiger partial charge in [0.15, 0.2) is 11.8 Å². The van der Waals surface area contributed by atoms with Gasteiger partial charge in [0.2, 0.25) is 5.91 Å². The normalized spacial score (nSPS) is 12.9. The van der Waals surface area contributed by atoms with Crippen LogP contribution in [0, 0.1) is 0 Å². The first kappa shape index (κ1) is 27.7. The van der Waals surface area contributed by atoms with Crippen molar-refractivity contribution in [2.45, 2.75) is 51.7 Å². The quantitative estimate of drug-likeness (QED) is 0.420. The Balaban J connectivity index is 2.12. The summed E-state index contributed by atoms with van der Waals surface area (Å²) in [5, 5.41) is 11.5. The zero-order chi connectivity index (χ0) is 26.3. The molecule has 0 saturated heterocycles. The molecule has 2 atom stereocenters. The van der Waals surface area contributed by atoms with Crippen LogP contribution in [0.2, 0.25) is 0 Å². The summed E-state index contributed by atoms with van der Waals surface area (Å²) in [7, 11) is 2.71. The highest BCUT2D eigenvalue weighted by atomic mass is 16.6. The van der Waals surface area contributed by atoms with Crippen LogP contribution in [-0.4, -0.2) is 65.9 Å². The summed E-state index contributed by atoms with van der Waals surface area (Å²) in [6.07, 6.45) is 0.288. The molecule has 1 unspecified atom stereocenters. The minimum Gasteiger partial charge on any atom is -0.460 e. The Bertz CT molecular complexity index is 1040. The van der Waals surface area contributed by atoms with E-state index in [1.807, 2.05) is 52.0 Å². The molecule has 35 heavy (non-hydrogen) atoms. The Morgan fingerprint density at radius 3 is 1.94 bits per heavy atom. The number of aliphatic hydroxyl groups is 1. The molecule has 0 heterocycles. The summed E-state index contributed by atoms with van der Waals surface area (Å²) in [6.45, 7) is 6.66. The first-order valence-corrected chi connectivity index (χ1v) is 11.4. The van der Waals surface area contributed by atoms with Gasteiger partial charge in [-0.2, -0.15) is 0 Å². The lowest BCUT2D eigenvalue weighted by atomic mass is 9.95. The maximum absolute atomic E-state index is 12.8. The second-order valence-corrected chi connectivity index (χ2v) is 9.45. The number of nitrogens with one attached hydrogen (secondary N) is 1. The summed E-state index contributed by atoms with van der Waals surface area (Å²) in [5.41, 5.74) is 2.62. The molecule has 8 heteroatoms. The molecule has 2 N–H and O–H groups in total. The van der Waals surface area contributed by atoms with E-state index in [0.717, 1.165) is 21.6 Å². The lowest BCUT2D eigenvalue weighted by Crippen LogP contribution is -2.52. The molecule has 2 aromatic carbocycles.